The summed E-state index contributed by atoms with van der Waals surface area (Å²) < 4.78 is 0.844. The van der Waals surface area contributed by atoms with Crippen LogP contribution in [0.25, 0.3) is 10.6 Å². The van der Waals surface area contributed by atoms with Gasteiger partial charge in [0, 0.05) is 10.9 Å². The fraction of sp³-hybridized carbons (Fsp3) is 0.0833. The summed E-state index contributed by atoms with van der Waals surface area (Å²) in [6.07, 6.45) is 1.84. The lowest BCUT2D eigenvalue weighted by Gasteiger charge is -2.02. The highest BCUT2D eigenvalue weighted by atomic mass is 79.9. The smallest absolute Gasteiger partial charge is 0.149 e. The summed E-state index contributed by atoms with van der Waals surface area (Å²) in [5, 5.41) is 3.04. The van der Waals surface area contributed by atoms with Gasteiger partial charge in [-0.2, -0.15) is 0 Å². The minimum atomic E-state index is -0.113. The van der Waals surface area contributed by atoms with E-state index in [1.807, 2.05) is 29.7 Å². The van der Waals surface area contributed by atoms with Crippen molar-refractivity contribution in [3.63, 3.8) is 0 Å². The Labute approximate surface area is 111 Å². The van der Waals surface area contributed by atoms with Gasteiger partial charge >= 0.3 is 0 Å². The largest absolute Gasteiger partial charge is 0.262 e. The minimum absolute atomic E-state index is 0.113. The molecule has 2 heterocycles. The third-order valence-corrected chi connectivity index (χ3v) is 3.75. The van der Waals surface area contributed by atoms with Crippen molar-refractivity contribution >= 4 is 27.3 Å². The van der Waals surface area contributed by atoms with Gasteiger partial charge in [-0.15, -0.1) is 11.3 Å². The predicted molar refractivity (Wildman–Crippen MR) is 71.5 cm³/mol. The van der Waals surface area contributed by atoms with E-state index in [0.717, 1.165) is 20.9 Å². The van der Waals surface area contributed by atoms with E-state index in [2.05, 4.69) is 38.5 Å². The third-order valence-electron chi connectivity index (χ3n) is 2.42. The van der Waals surface area contributed by atoms with E-state index in [4.69, 9.17) is 4.84 Å². The highest BCUT2D eigenvalue weighted by Gasteiger charge is 2.19. The molecule has 0 bridgehead atoms. The number of nitrogens with one attached hydrogen (secondary N) is 1. The molecule has 3 rings (SSSR count). The molecule has 1 aliphatic heterocycles. The quantitative estimate of drug-likeness (QED) is 0.860. The summed E-state index contributed by atoms with van der Waals surface area (Å²) in [6, 6.07) is 10.1. The summed E-state index contributed by atoms with van der Waals surface area (Å²) in [5.41, 5.74) is 4.82. The summed E-state index contributed by atoms with van der Waals surface area (Å²) in [4.78, 5) is 9.94. The Morgan fingerprint density at radius 1 is 1.29 bits per heavy atom. The number of thiazole rings is 1. The normalized spacial score (nSPS) is 18.9. The molecule has 1 aromatic carbocycles. The molecule has 0 radical (unpaired) electrons. The lowest BCUT2D eigenvalue weighted by Crippen LogP contribution is -2.05. The standard InChI is InChI=1S/C12H9BrN2OS/c13-11-6-10(16-15-11)9-7-17-12(14-9)8-4-2-1-3-5-8/h1-7,10,15H/t10-/m1/s1. The number of rotatable bonds is 2. The van der Waals surface area contributed by atoms with Crippen molar-refractivity contribution in [2.24, 2.45) is 0 Å². The van der Waals surface area contributed by atoms with Crippen LogP contribution in [0.3, 0.4) is 0 Å². The second-order valence-electron chi connectivity index (χ2n) is 3.60. The van der Waals surface area contributed by atoms with Crippen molar-refractivity contribution in [1.82, 2.24) is 10.5 Å². The van der Waals surface area contributed by atoms with Crippen LogP contribution in [0.4, 0.5) is 0 Å². The van der Waals surface area contributed by atoms with Crippen LogP contribution in [0.5, 0.6) is 0 Å². The van der Waals surface area contributed by atoms with Crippen molar-refractivity contribution < 1.29 is 4.84 Å². The lowest BCUT2D eigenvalue weighted by atomic mass is 10.2. The Hall–Kier alpha value is -1.17. The molecule has 0 spiro atoms. The van der Waals surface area contributed by atoms with Gasteiger partial charge in [0.15, 0.2) is 0 Å². The monoisotopic (exact) mass is 308 g/mol. The Kier molecular flexibility index (Phi) is 2.96. The molecule has 0 saturated carbocycles. The number of nitrogens with zero attached hydrogens (tertiary/aromatic N) is 1. The first-order valence-electron chi connectivity index (χ1n) is 5.13. The summed E-state index contributed by atoms with van der Waals surface area (Å²) in [7, 11) is 0. The van der Waals surface area contributed by atoms with E-state index in [1.165, 1.54) is 0 Å². The Morgan fingerprint density at radius 2 is 2.12 bits per heavy atom. The molecule has 0 amide bonds. The highest BCUT2D eigenvalue weighted by Crippen LogP contribution is 2.30. The highest BCUT2D eigenvalue weighted by molar-refractivity contribution is 9.11. The molecular weight excluding hydrogens is 300 g/mol. The van der Waals surface area contributed by atoms with Crippen molar-refractivity contribution in [3.05, 3.63) is 52.1 Å². The molecule has 0 fully saturated rings. The first-order chi connectivity index (χ1) is 8.33. The van der Waals surface area contributed by atoms with E-state index in [-0.39, 0.29) is 6.10 Å². The van der Waals surface area contributed by atoms with Gasteiger partial charge in [-0.3, -0.25) is 10.3 Å². The van der Waals surface area contributed by atoms with E-state index < -0.39 is 0 Å². The van der Waals surface area contributed by atoms with Crippen molar-refractivity contribution in [2.75, 3.05) is 0 Å². The van der Waals surface area contributed by atoms with Gasteiger partial charge in [0.25, 0.3) is 0 Å². The van der Waals surface area contributed by atoms with E-state index in [9.17, 15) is 0 Å². The second kappa shape index (κ2) is 4.60. The Morgan fingerprint density at radius 3 is 2.82 bits per heavy atom. The second-order valence-corrected chi connectivity index (χ2v) is 5.31. The molecule has 0 unspecified atom stereocenters. The third kappa shape index (κ3) is 2.26. The number of aromatic nitrogens is 1. The number of hydroxylamine groups is 1. The maximum Gasteiger partial charge on any atom is 0.149 e. The van der Waals surface area contributed by atoms with Gasteiger partial charge in [-0.1, -0.05) is 30.3 Å². The number of hydrogen-bond acceptors (Lipinski definition) is 4. The molecule has 1 aliphatic rings. The predicted octanol–water partition coefficient (Wildman–Crippen LogP) is 3.62. The number of halogens is 1. The van der Waals surface area contributed by atoms with Crippen LogP contribution >= 0.6 is 27.3 Å². The van der Waals surface area contributed by atoms with Crippen LogP contribution in [0.15, 0.2) is 46.4 Å². The lowest BCUT2D eigenvalue weighted by molar-refractivity contribution is 0.0438. The average Bonchev–Trinajstić information content (AvgIpc) is 2.98. The van der Waals surface area contributed by atoms with Crippen LogP contribution in [0, 0.1) is 0 Å². The fourth-order valence-electron chi connectivity index (χ4n) is 1.60. The Bertz CT molecular complexity index is 553. The van der Waals surface area contributed by atoms with Crippen LogP contribution in [-0.4, -0.2) is 4.98 Å². The summed E-state index contributed by atoms with van der Waals surface area (Å²) in [5.74, 6) is 0. The van der Waals surface area contributed by atoms with Crippen LogP contribution in [0.1, 0.15) is 11.8 Å². The van der Waals surface area contributed by atoms with Gasteiger partial charge in [-0.25, -0.2) is 4.98 Å². The van der Waals surface area contributed by atoms with Crippen LogP contribution in [0.2, 0.25) is 0 Å². The molecule has 0 aliphatic carbocycles. The van der Waals surface area contributed by atoms with Gasteiger partial charge < -0.3 is 0 Å². The first-order valence-corrected chi connectivity index (χ1v) is 6.80. The average molecular weight is 309 g/mol. The molecule has 17 heavy (non-hydrogen) atoms. The van der Waals surface area contributed by atoms with Crippen molar-refractivity contribution in [2.45, 2.75) is 6.10 Å². The molecule has 1 aromatic heterocycles. The topological polar surface area (TPSA) is 34.1 Å². The van der Waals surface area contributed by atoms with E-state index >= 15 is 0 Å². The van der Waals surface area contributed by atoms with Gasteiger partial charge in [0.05, 0.1) is 5.69 Å². The van der Waals surface area contributed by atoms with Crippen molar-refractivity contribution in [3.8, 4) is 10.6 Å². The van der Waals surface area contributed by atoms with E-state index in [0.29, 0.717) is 0 Å². The number of hydrogen-bond donors (Lipinski definition) is 1. The minimum Gasteiger partial charge on any atom is -0.262 e. The molecule has 1 N–H and O–H groups in total. The fourth-order valence-corrected chi connectivity index (χ4v) is 2.78. The maximum absolute atomic E-state index is 5.36. The molecule has 0 saturated heterocycles. The zero-order chi connectivity index (χ0) is 11.7. The maximum atomic E-state index is 5.36. The van der Waals surface area contributed by atoms with Crippen molar-refractivity contribution in [1.29, 1.82) is 0 Å². The molecule has 1 atom stereocenters. The zero-order valence-electron chi connectivity index (χ0n) is 8.76. The molecular formula is C12H9BrN2OS. The van der Waals surface area contributed by atoms with Gasteiger partial charge in [0.1, 0.15) is 15.7 Å². The molecule has 3 nitrogen and oxygen atoms in total. The molecule has 5 heteroatoms. The SMILES string of the molecule is BrC1=C[C@H](c2csc(-c3ccccc3)n2)ON1. The van der Waals surface area contributed by atoms with E-state index in [1.54, 1.807) is 11.3 Å². The molecule has 86 valence electrons. The van der Waals surface area contributed by atoms with Crippen LogP contribution < -0.4 is 5.48 Å². The first kappa shape index (κ1) is 11.0. The summed E-state index contributed by atoms with van der Waals surface area (Å²) in [6.45, 7) is 0. The zero-order valence-corrected chi connectivity index (χ0v) is 11.2. The molecule has 2 aromatic rings. The Balaban J connectivity index is 1.89. The van der Waals surface area contributed by atoms with Gasteiger partial charge in [0.2, 0.25) is 0 Å². The summed E-state index contributed by atoms with van der Waals surface area (Å²) >= 11 is 4.96. The van der Waals surface area contributed by atoms with Gasteiger partial charge in [-0.05, 0) is 22.0 Å². The number of benzene rings is 1. The van der Waals surface area contributed by atoms with Crippen LogP contribution in [-0.2, 0) is 4.84 Å².